The van der Waals surface area contributed by atoms with Gasteiger partial charge in [0, 0.05) is 37.6 Å². The van der Waals surface area contributed by atoms with Gasteiger partial charge >= 0.3 is 0 Å². The van der Waals surface area contributed by atoms with Crippen LogP contribution in [0, 0.1) is 5.92 Å². The molecular formula is C14H25N3O. The van der Waals surface area contributed by atoms with E-state index in [0.29, 0.717) is 6.04 Å². The van der Waals surface area contributed by atoms with E-state index in [1.165, 1.54) is 24.8 Å². The molecule has 4 heteroatoms. The Bertz CT molecular complexity index is 345. The highest BCUT2D eigenvalue weighted by Gasteiger charge is 2.15. The molecule has 4 nitrogen and oxygen atoms in total. The first-order chi connectivity index (χ1) is 8.79. The molecule has 0 aliphatic carbocycles. The predicted octanol–water partition coefficient (Wildman–Crippen LogP) is 2.37. The standard InChI is InChI=1S/C14H25N3O/c1-3-6-15-12(2)14-9-16-17(11-14)10-13-4-7-18-8-5-13/h9,11-13,15H,3-8,10H2,1-2H3. The first kappa shape index (κ1) is 13.6. The summed E-state index contributed by atoms with van der Waals surface area (Å²) < 4.78 is 7.48. The van der Waals surface area contributed by atoms with Crippen molar-refractivity contribution < 1.29 is 4.74 Å². The van der Waals surface area contributed by atoms with Crippen molar-refractivity contribution in [2.24, 2.45) is 5.92 Å². The van der Waals surface area contributed by atoms with Crippen LogP contribution in [0.2, 0.25) is 0 Å². The van der Waals surface area contributed by atoms with E-state index in [1.54, 1.807) is 0 Å². The van der Waals surface area contributed by atoms with Gasteiger partial charge in [0.2, 0.25) is 0 Å². The molecule has 1 aromatic rings. The lowest BCUT2D eigenvalue weighted by Crippen LogP contribution is -2.21. The Labute approximate surface area is 110 Å². The zero-order chi connectivity index (χ0) is 12.8. The average Bonchev–Trinajstić information content (AvgIpc) is 2.86. The lowest BCUT2D eigenvalue weighted by molar-refractivity contribution is 0.0601. The molecule has 102 valence electrons. The van der Waals surface area contributed by atoms with Gasteiger partial charge in [-0.05, 0) is 38.6 Å². The fraction of sp³-hybridized carbons (Fsp3) is 0.786. The molecule has 0 aromatic carbocycles. The summed E-state index contributed by atoms with van der Waals surface area (Å²) in [6.07, 6.45) is 7.67. The van der Waals surface area contributed by atoms with E-state index in [0.717, 1.165) is 32.2 Å². The van der Waals surface area contributed by atoms with Crippen molar-refractivity contribution in [1.29, 1.82) is 0 Å². The van der Waals surface area contributed by atoms with Crippen molar-refractivity contribution in [1.82, 2.24) is 15.1 Å². The second kappa shape index (κ2) is 6.90. The molecule has 2 heterocycles. The van der Waals surface area contributed by atoms with Crippen LogP contribution in [0.3, 0.4) is 0 Å². The number of nitrogens with one attached hydrogen (secondary N) is 1. The smallest absolute Gasteiger partial charge is 0.0537 e. The Balaban J connectivity index is 1.84. The third-order valence-corrected chi connectivity index (χ3v) is 3.64. The van der Waals surface area contributed by atoms with E-state index in [4.69, 9.17) is 4.74 Å². The van der Waals surface area contributed by atoms with Crippen LogP contribution in [-0.4, -0.2) is 29.5 Å². The van der Waals surface area contributed by atoms with E-state index in [1.807, 2.05) is 6.20 Å². The van der Waals surface area contributed by atoms with Crippen LogP contribution in [0.15, 0.2) is 12.4 Å². The van der Waals surface area contributed by atoms with Crippen LogP contribution in [0.4, 0.5) is 0 Å². The second-order valence-corrected chi connectivity index (χ2v) is 5.23. The minimum absolute atomic E-state index is 0.397. The maximum atomic E-state index is 5.39. The number of hydrogen-bond acceptors (Lipinski definition) is 3. The highest BCUT2D eigenvalue weighted by molar-refractivity contribution is 5.09. The minimum Gasteiger partial charge on any atom is -0.381 e. The summed E-state index contributed by atoms with van der Waals surface area (Å²) in [6, 6.07) is 0.397. The molecule has 0 saturated carbocycles. The number of rotatable bonds is 6. The molecule has 18 heavy (non-hydrogen) atoms. The first-order valence-corrected chi connectivity index (χ1v) is 7.13. The van der Waals surface area contributed by atoms with Crippen molar-refractivity contribution in [3.8, 4) is 0 Å². The van der Waals surface area contributed by atoms with Crippen LogP contribution >= 0.6 is 0 Å². The first-order valence-electron chi connectivity index (χ1n) is 7.13. The molecule has 1 atom stereocenters. The summed E-state index contributed by atoms with van der Waals surface area (Å²) in [5.41, 5.74) is 1.29. The fourth-order valence-electron chi connectivity index (χ4n) is 2.38. The molecule has 2 rings (SSSR count). The predicted molar refractivity (Wildman–Crippen MR) is 72.5 cm³/mol. The van der Waals surface area contributed by atoms with Crippen molar-refractivity contribution in [2.75, 3.05) is 19.8 Å². The highest BCUT2D eigenvalue weighted by atomic mass is 16.5. The van der Waals surface area contributed by atoms with E-state index in [2.05, 4.69) is 35.1 Å². The molecule has 1 fully saturated rings. The van der Waals surface area contributed by atoms with E-state index in [-0.39, 0.29) is 0 Å². The fourth-order valence-corrected chi connectivity index (χ4v) is 2.38. The lowest BCUT2D eigenvalue weighted by Gasteiger charge is -2.21. The molecule has 0 bridgehead atoms. The Morgan fingerprint density at radius 3 is 3.00 bits per heavy atom. The maximum Gasteiger partial charge on any atom is 0.0537 e. The Morgan fingerprint density at radius 1 is 1.50 bits per heavy atom. The van der Waals surface area contributed by atoms with Gasteiger partial charge in [-0.3, -0.25) is 4.68 Å². The van der Waals surface area contributed by atoms with Gasteiger partial charge in [0.1, 0.15) is 0 Å². The van der Waals surface area contributed by atoms with Crippen LogP contribution in [0.25, 0.3) is 0 Å². The number of hydrogen-bond donors (Lipinski definition) is 1. The van der Waals surface area contributed by atoms with Crippen molar-refractivity contribution >= 4 is 0 Å². The molecule has 0 amide bonds. The number of nitrogens with zero attached hydrogens (tertiary/aromatic N) is 2. The molecule has 0 spiro atoms. The van der Waals surface area contributed by atoms with Gasteiger partial charge < -0.3 is 10.1 Å². The van der Waals surface area contributed by atoms with Crippen LogP contribution in [0.1, 0.15) is 44.7 Å². The van der Waals surface area contributed by atoms with Gasteiger partial charge in [0.15, 0.2) is 0 Å². The molecule has 1 unspecified atom stereocenters. The molecular weight excluding hydrogens is 226 g/mol. The monoisotopic (exact) mass is 251 g/mol. The second-order valence-electron chi connectivity index (χ2n) is 5.23. The highest BCUT2D eigenvalue weighted by Crippen LogP contribution is 2.18. The largest absolute Gasteiger partial charge is 0.381 e. The quantitative estimate of drug-likeness (QED) is 0.843. The molecule has 1 aliphatic heterocycles. The molecule has 1 aromatic heterocycles. The van der Waals surface area contributed by atoms with Crippen molar-refractivity contribution in [3.63, 3.8) is 0 Å². The topological polar surface area (TPSA) is 39.1 Å². The third kappa shape index (κ3) is 3.82. The Kier molecular flexibility index (Phi) is 5.20. The summed E-state index contributed by atoms with van der Waals surface area (Å²) in [5.74, 6) is 0.727. The van der Waals surface area contributed by atoms with E-state index in [9.17, 15) is 0 Å². The van der Waals surface area contributed by atoms with Gasteiger partial charge in [-0.25, -0.2) is 0 Å². The SMILES string of the molecule is CCCNC(C)c1cnn(CC2CCOCC2)c1. The molecule has 1 N–H and O–H groups in total. The van der Waals surface area contributed by atoms with Crippen molar-refractivity contribution in [2.45, 2.75) is 45.7 Å². The van der Waals surface area contributed by atoms with Gasteiger partial charge in [0.25, 0.3) is 0 Å². The third-order valence-electron chi connectivity index (χ3n) is 3.64. The Hall–Kier alpha value is -0.870. The lowest BCUT2D eigenvalue weighted by atomic mass is 10.0. The normalized spacial score (nSPS) is 19.0. The molecule has 0 radical (unpaired) electrons. The minimum atomic E-state index is 0.397. The summed E-state index contributed by atoms with van der Waals surface area (Å²) in [6.45, 7) is 8.30. The summed E-state index contributed by atoms with van der Waals surface area (Å²) >= 11 is 0. The van der Waals surface area contributed by atoms with Gasteiger partial charge in [-0.2, -0.15) is 5.10 Å². The van der Waals surface area contributed by atoms with Crippen LogP contribution in [0.5, 0.6) is 0 Å². The summed E-state index contributed by atoms with van der Waals surface area (Å²) in [4.78, 5) is 0. The van der Waals surface area contributed by atoms with Crippen LogP contribution < -0.4 is 5.32 Å². The molecule has 1 aliphatic rings. The summed E-state index contributed by atoms with van der Waals surface area (Å²) in [5, 5.41) is 7.97. The average molecular weight is 251 g/mol. The molecule has 1 saturated heterocycles. The maximum absolute atomic E-state index is 5.39. The zero-order valence-corrected chi connectivity index (χ0v) is 11.6. The Morgan fingerprint density at radius 2 is 2.28 bits per heavy atom. The number of ether oxygens (including phenoxy) is 1. The zero-order valence-electron chi connectivity index (χ0n) is 11.6. The van der Waals surface area contributed by atoms with Gasteiger partial charge in [-0.15, -0.1) is 0 Å². The van der Waals surface area contributed by atoms with Gasteiger partial charge in [-0.1, -0.05) is 6.92 Å². The van der Waals surface area contributed by atoms with E-state index < -0.39 is 0 Å². The van der Waals surface area contributed by atoms with Crippen LogP contribution in [-0.2, 0) is 11.3 Å². The van der Waals surface area contributed by atoms with E-state index >= 15 is 0 Å². The number of aromatic nitrogens is 2. The summed E-state index contributed by atoms with van der Waals surface area (Å²) in [7, 11) is 0. The van der Waals surface area contributed by atoms with Gasteiger partial charge in [0.05, 0.1) is 6.20 Å². The van der Waals surface area contributed by atoms with Crippen molar-refractivity contribution in [3.05, 3.63) is 18.0 Å².